The summed E-state index contributed by atoms with van der Waals surface area (Å²) in [7, 11) is 0. The van der Waals surface area contributed by atoms with Crippen molar-refractivity contribution in [3.8, 4) is 5.75 Å². The second-order valence-electron chi connectivity index (χ2n) is 6.55. The van der Waals surface area contributed by atoms with Crippen LogP contribution in [0.25, 0.3) is 10.8 Å². The first-order valence-corrected chi connectivity index (χ1v) is 7.97. The number of fused-ring (bicyclic) bond motifs is 1. The monoisotopic (exact) mass is 284 g/mol. The van der Waals surface area contributed by atoms with Crippen molar-refractivity contribution < 1.29 is 9.84 Å². The second-order valence-corrected chi connectivity index (χ2v) is 6.55. The molecule has 1 aliphatic rings. The summed E-state index contributed by atoms with van der Waals surface area (Å²) in [5.41, 5.74) is 0. The lowest BCUT2D eigenvalue weighted by Gasteiger charge is -2.35. The molecule has 2 heteroatoms. The minimum atomic E-state index is -0.341. The van der Waals surface area contributed by atoms with Crippen LogP contribution < -0.4 is 4.74 Å². The van der Waals surface area contributed by atoms with E-state index in [2.05, 4.69) is 38.1 Å². The lowest BCUT2D eigenvalue weighted by Crippen LogP contribution is -2.39. The Morgan fingerprint density at radius 3 is 2.57 bits per heavy atom. The number of rotatable bonds is 3. The molecule has 3 atom stereocenters. The van der Waals surface area contributed by atoms with Gasteiger partial charge in [-0.3, -0.25) is 0 Å². The topological polar surface area (TPSA) is 29.5 Å². The molecule has 0 bridgehead atoms. The summed E-state index contributed by atoms with van der Waals surface area (Å²) in [5, 5.41) is 12.6. The van der Waals surface area contributed by atoms with Gasteiger partial charge in [-0.15, -0.1) is 0 Å². The lowest BCUT2D eigenvalue weighted by molar-refractivity contribution is -0.0176. The summed E-state index contributed by atoms with van der Waals surface area (Å²) in [5.74, 6) is 2.17. The second kappa shape index (κ2) is 6.07. The van der Waals surface area contributed by atoms with Crippen LogP contribution in [0.15, 0.2) is 42.5 Å². The predicted molar refractivity (Wildman–Crippen MR) is 86.5 cm³/mol. The van der Waals surface area contributed by atoms with E-state index in [4.69, 9.17) is 4.74 Å². The van der Waals surface area contributed by atoms with Crippen LogP contribution >= 0.6 is 0 Å². The van der Waals surface area contributed by atoms with Crippen LogP contribution in [-0.4, -0.2) is 17.3 Å². The maximum absolute atomic E-state index is 10.2. The molecule has 1 N–H and O–H groups in total. The van der Waals surface area contributed by atoms with E-state index in [1.807, 2.05) is 18.2 Å². The first-order valence-electron chi connectivity index (χ1n) is 7.97. The van der Waals surface area contributed by atoms with E-state index in [1.165, 1.54) is 10.8 Å². The molecule has 1 saturated carbocycles. The van der Waals surface area contributed by atoms with Crippen LogP contribution in [0.2, 0.25) is 0 Å². The van der Waals surface area contributed by atoms with Crippen molar-refractivity contribution >= 4 is 10.8 Å². The first-order chi connectivity index (χ1) is 10.1. The molecule has 3 unspecified atom stereocenters. The SMILES string of the molecule is CC(C)C1CCC(O)C(Oc2ccc3ccccc3c2)C1. The third-order valence-electron chi connectivity index (χ3n) is 4.75. The number of benzene rings is 2. The first kappa shape index (κ1) is 14.4. The van der Waals surface area contributed by atoms with Gasteiger partial charge in [-0.2, -0.15) is 0 Å². The molecule has 0 radical (unpaired) electrons. The summed E-state index contributed by atoms with van der Waals surface area (Å²) >= 11 is 0. The van der Waals surface area contributed by atoms with E-state index in [1.54, 1.807) is 0 Å². The van der Waals surface area contributed by atoms with Crippen LogP contribution in [0.5, 0.6) is 5.75 Å². The quantitative estimate of drug-likeness (QED) is 0.905. The third kappa shape index (κ3) is 3.21. The van der Waals surface area contributed by atoms with E-state index < -0.39 is 0 Å². The molecule has 0 amide bonds. The molecular weight excluding hydrogens is 260 g/mol. The summed E-state index contributed by atoms with van der Waals surface area (Å²) in [4.78, 5) is 0. The van der Waals surface area contributed by atoms with Gasteiger partial charge in [-0.1, -0.05) is 44.2 Å². The van der Waals surface area contributed by atoms with Crippen molar-refractivity contribution in [3.05, 3.63) is 42.5 Å². The average molecular weight is 284 g/mol. The Kier molecular flexibility index (Phi) is 4.16. The molecule has 0 saturated heterocycles. The Bertz CT molecular complexity index is 605. The molecule has 1 fully saturated rings. The third-order valence-corrected chi connectivity index (χ3v) is 4.75. The van der Waals surface area contributed by atoms with Crippen molar-refractivity contribution in [2.45, 2.75) is 45.3 Å². The lowest BCUT2D eigenvalue weighted by atomic mass is 9.79. The molecule has 0 aliphatic heterocycles. The van der Waals surface area contributed by atoms with Gasteiger partial charge in [-0.25, -0.2) is 0 Å². The van der Waals surface area contributed by atoms with Crippen molar-refractivity contribution in [3.63, 3.8) is 0 Å². The maximum atomic E-state index is 10.2. The molecule has 2 aromatic rings. The van der Waals surface area contributed by atoms with Crippen molar-refractivity contribution in [1.82, 2.24) is 0 Å². The summed E-state index contributed by atoms with van der Waals surface area (Å²) in [6.07, 6.45) is 2.49. The van der Waals surface area contributed by atoms with Gasteiger partial charge in [-0.05, 0) is 54.0 Å². The average Bonchev–Trinajstić information content (AvgIpc) is 2.49. The van der Waals surface area contributed by atoms with E-state index in [0.29, 0.717) is 11.8 Å². The maximum Gasteiger partial charge on any atom is 0.125 e. The van der Waals surface area contributed by atoms with Crippen LogP contribution in [0.1, 0.15) is 33.1 Å². The smallest absolute Gasteiger partial charge is 0.125 e. The van der Waals surface area contributed by atoms with Gasteiger partial charge in [0.05, 0.1) is 6.10 Å². The number of hydrogen-bond acceptors (Lipinski definition) is 2. The van der Waals surface area contributed by atoms with E-state index in [0.717, 1.165) is 25.0 Å². The summed E-state index contributed by atoms with van der Waals surface area (Å²) in [6.45, 7) is 4.52. The van der Waals surface area contributed by atoms with Gasteiger partial charge in [0, 0.05) is 0 Å². The predicted octanol–water partition coefficient (Wildman–Crippen LogP) is 4.40. The van der Waals surface area contributed by atoms with Gasteiger partial charge in [0.2, 0.25) is 0 Å². The van der Waals surface area contributed by atoms with Gasteiger partial charge in [0.25, 0.3) is 0 Å². The summed E-state index contributed by atoms with van der Waals surface area (Å²) in [6, 6.07) is 14.4. The number of ether oxygens (including phenoxy) is 1. The molecule has 0 aromatic heterocycles. The normalized spacial score (nSPS) is 26.2. The molecular formula is C19H24O2. The highest BCUT2D eigenvalue weighted by molar-refractivity contribution is 5.83. The zero-order valence-electron chi connectivity index (χ0n) is 12.8. The number of aliphatic hydroxyl groups excluding tert-OH is 1. The highest BCUT2D eigenvalue weighted by Crippen LogP contribution is 2.33. The highest BCUT2D eigenvalue weighted by Gasteiger charge is 2.32. The molecule has 3 rings (SSSR count). The molecule has 0 spiro atoms. The van der Waals surface area contributed by atoms with E-state index in [9.17, 15) is 5.11 Å². The van der Waals surface area contributed by atoms with Crippen molar-refractivity contribution in [2.75, 3.05) is 0 Å². The Hall–Kier alpha value is -1.54. The van der Waals surface area contributed by atoms with Crippen LogP contribution in [0.4, 0.5) is 0 Å². The minimum Gasteiger partial charge on any atom is -0.488 e. The molecule has 21 heavy (non-hydrogen) atoms. The van der Waals surface area contributed by atoms with Gasteiger partial charge in [0.15, 0.2) is 0 Å². The minimum absolute atomic E-state index is 0.0766. The fourth-order valence-corrected chi connectivity index (χ4v) is 3.29. The molecule has 1 aliphatic carbocycles. The number of aliphatic hydroxyl groups is 1. The van der Waals surface area contributed by atoms with Gasteiger partial charge in [0.1, 0.15) is 11.9 Å². The van der Waals surface area contributed by atoms with E-state index >= 15 is 0 Å². The largest absolute Gasteiger partial charge is 0.488 e. The molecule has 112 valence electrons. The molecule has 2 nitrogen and oxygen atoms in total. The number of hydrogen-bond donors (Lipinski definition) is 1. The Morgan fingerprint density at radius 2 is 1.81 bits per heavy atom. The van der Waals surface area contributed by atoms with Crippen LogP contribution in [0, 0.1) is 11.8 Å². The highest BCUT2D eigenvalue weighted by atomic mass is 16.5. The van der Waals surface area contributed by atoms with Crippen LogP contribution in [0.3, 0.4) is 0 Å². The molecule has 2 aromatic carbocycles. The molecule has 0 heterocycles. The van der Waals surface area contributed by atoms with Crippen molar-refractivity contribution in [1.29, 1.82) is 0 Å². The fraction of sp³-hybridized carbons (Fsp3) is 0.474. The Morgan fingerprint density at radius 1 is 1.05 bits per heavy atom. The zero-order valence-corrected chi connectivity index (χ0v) is 12.8. The van der Waals surface area contributed by atoms with E-state index in [-0.39, 0.29) is 12.2 Å². The summed E-state index contributed by atoms with van der Waals surface area (Å²) < 4.78 is 6.11. The zero-order chi connectivity index (χ0) is 14.8. The van der Waals surface area contributed by atoms with Crippen LogP contribution in [-0.2, 0) is 0 Å². The Balaban J connectivity index is 1.76. The van der Waals surface area contributed by atoms with Gasteiger partial charge >= 0.3 is 0 Å². The Labute approximate surface area is 126 Å². The van der Waals surface area contributed by atoms with Gasteiger partial charge < -0.3 is 9.84 Å². The standard InChI is InChI=1S/C19H24O2/c1-13(2)15-8-10-18(20)19(12-15)21-17-9-7-14-5-3-4-6-16(14)11-17/h3-7,9,11,13,15,18-20H,8,10,12H2,1-2H3. The van der Waals surface area contributed by atoms with Crippen molar-refractivity contribution in [2.24, 2.45) is 11.8 Å². The fourth-order valence-electron chi connectivity index (χ4n) is 3.29.